The van der Waals surface area contributed by atoms with Gasteiger partial charge in [0.25, 0.3) is 0 Å². The van der Waals surface area contributed by atoms with Gasteiger partial charge in [-0.3, -0.25) is 0 Å². The number of carbonyl (C=O) groups is 1. The van der Waals surface area contributed by atoms with Crippen LogP contribution >= 0.6 is 0 Å². The number of nitrogen functional groups attached to an aromatic ring is 1. The van der Waals surface area contributed by atoms with Crippen molar-refractivity contribution in [1.82, 2.24) is 4.57 Å². The molecule has 1 heterocycles. The van der Waals surface area contributed by atoms with Crippen LogP contribution in [0.15, 0.2) is 36.7 Å². The molecule has 4 heteroatoms. The molecule has 4 nitrogen and oxygen atoms in total. The molecule has 0 atom stereocenters. The summed E-state index contributed by atoms with van der Waals surface area (Å²) in [4.78, 5) is 11.8. The molecule has 0 spiro atoms. The topological polar surface area (TPSA) is 57.2 Å². The highest BCUT2D eigenvalue weighted by atomic mass is 16.5. The molecule has 18 heavy (non-hydrogen) atoms. The second-order valence-electron chi connectivity index (χ2n) is 3.99. The predicted octanol–water partition coefficient (Wildman–Crippen LogP) is 2.54. The van der Waals surface area contributed by atoms with Crippen molar-refractivity contribution < 1.29 is 9.53 Å². The lowest BCUT2D eigenvalue weighted by Crippen LogP contribution is -2.02. The number of nitrogens with zero attached hydrogens (tertiary/aromatic N) is 1. The zero-order chi connectivity index (χ0) is 13.1. The van der Waals surface area contributed by atoms with Crippen LogP contribution in [0.1, 0.15) is 17.3 Å². The van der Waals surface area contributed by atoms with Crippen molar-refractivity contribution in [1.29, 1.82) is 0 Å². The number of anilines is 1. The van der Waals surface area contributed by atoms with Gasteiger partial charge in [-0.15, -0.1) is 0 Å². The second kappa shape index (κ2) is 4.96. The number of aryl methyl sites for hydroxylation is 1. The van der Waals surface area contributed by atoms with E-state index in [1.54, 1.807) is 6.20 Å². The largest absolute Gasteiger partial charge is 0.465 e. The Labute approximate surface area is 106 Å². The van der Waals surface area contributed by atoms with E-state index in [4.69, 9.17) is 10.5 Å². The average Bonchev–Trinajstić information content (AvgIpc) is 2.82. The summed E-state index contributed by atoms with van der Waals surface area (Å²) >= 11 is 0. The highest BCUT2D eigenvalue weighted by molar-refractivity contribution is 5.98. The summed E-state index contributed by atoms with van der Waals surface area (Å²) in [6.07, 6.45) is 3.70. The Bertz CT molecular complexity index is 573. The summed E-state index contributed by atoms with van der Waals surface area (Å²) < 4.78 is 6.74. The maximum absolute atomic E-state index is 11.8. The van der Waals surface area contributed by atoms with Gasteiger partial charge in [0.1, 0.15) is 0 Å². The number of aromatic nitrogens is 1. The van der Waals surface area contributed by atoms with E-state index < -0.39 is 0 Å². The molecular weight excluding hydrogens is 228 g/mol. The normalized spacial score (nSPS) is 10.3. The summed E-state index contributed by atoms with van der Waals surface area (Å²) in [6.45, 7) is 2.80. The lowest BCUT2D eigenvalue weighted by Gasteiger charge is -2.05. The minimum atomic E-state index is -0.347. The number of ether oxygens (including phenoxy) is 1. The van der Waals surface area contributed by atoms with Crippen molar-refractivity contribution in [2.24, 2.45) is 0 Å². The minimum Gasteiger partial charge on any atom is -0.465 e. The number of rotatable bonds is 3. The van der Waals surface area contributed by atoms with E-state index in [-0.39, 0.29) is 5.97 Å². The zero-order valence-corrected chi connectivity index (χ0v) is 10.5. The Morgan fingerprint density at radius 2 is 2.00 bits per heavy atom. The molecule has 1 aromatic heterocycles. The third-order valence-electron chi connectivity index (χ3n) is 2.90. The standard InChI is InChI=1S/C14H16N2O2/c1-3-16-8-11(12(9-16)14(17)18-2)10-6-4-5-7-13(10)15/h4-9H,3,15H2,1-2H3. The Morgan fingerprint density at radius 3 is 2.61 bits per heavy atom. The smallest absolute Gasteiger partial charge is 0.340 e. The van der Waals surface area contributed by atoms with Crippen molar-refractivity contribution >= 4 is 11.7 Å². The van der Waals surface area contributed by atoms with Crippen LogP contribution in [-0.2, 0) is 11.3 Å². The van der Waals surface area contributed by atoms with Gasteiger partial charge in [0.05, 0.1) is 12.7 Å². The summed E-state index contributed by atoms with van der Waals surface area (Å²) in [5, 5.41) is 0. The summed E-state index contributed by atoms with van der Waals surface area (Å²) in [5.41, 5.74) is 8.80. The molecule has 0 fully saturated rings. The lowest BCUT2D eigenvalue weighted by molar-refractivity contribution is 0.0601. The first kappa shape index (κ1) is 12.2. The van der Waals surface area contributed by atoms with Gasteiger partial charge < -0.3 is 15.0 Å². The maximum Gasteiger partial charge on any atom is 0.340 e. The fourth-order valence-electron chi connectivity index (χ4n) is 1.92. The Hall–Kier alpha value is -2.23. The molecule has 2 rings (SSSR count). The van der Waals surface area contributed by atoms with Crippen LogP contribution in [0.5, 0.6) is 0 Å². The molecule has 0 aliphatic rings. The number of esters is 1. The minimum absolute atomic E-state index is 0.347. The molecule has 1 aromatic carbocycles. The molecule has 0 unspecified atom stereocenters. The number of hydrogen-bond donors (Lipinski definition) is 1. The number of hydrogen-bond acceptors (Lipinski definition) is 3. The number of nitrogens with two attached hydrogens (primary N) is 1. The Kier molecular flexibility index (Phi) is 3.37. The molecule has 0 amide bonds. The van der Waals surface area contributed by atoms with E-state index in [2.05, 4.69) is 0 Å². The zero-order valence-electron chi connectivity index (χ0n) is 10.5. The lowest BCUT2D eigenvalue weighted by atomic mass is 10.0. The van der Waals surface area contributed by atoms with E-state index >= 15 is 0 Å². The van der Waals surface area contributed by atoms with Crippen LogP contribution in [0.3, 0.4) is 0 Å². The van der Waals surface area contributed by atoms with Crippen LogP contribution < -0.4 is 5.73 Å². The van der Waals surface area contributed by atoms with Crippen molar-refractivity contribution in [3.05, 3.63) is 42.2 Å². The van der Waals surface area contributed by atoms with Gasteiger partial charge >= 0.3 is 5.97 Å². The van der Waals surface area contributed by atoms with Gasteiger partial charge in [-0.05, 0) is 13.0 Å². The molecule has 2 N–H and O–H groups in total. The van der Waals surface area contributed by atoms with E-state index in [9.17, 15) is 4.79 Å². The number of para-hydroxylation sites is 1. The van der Waals surface area contributed by atoms with Gasteiger partial charge in [-0.25, -0.2) is 4.79 Å². The van der Waals surface area contributed by atoms with Crippen molar-refractivity contribution in [2.75, 3.05) is 12.8 Å². The highest BCUT2D eigenvalue weighted by Gasteiger charge is 2.17. The van der Waals surface area contributed by atoms with Crippen LogP contribution in [0.2, 0.25) is 0 Å². The van der Waals surface area contributed by atoms with E-state index in [0.717, 1.165) is 17.7 Å². The Morgan fingerprint density at radius 1 is 1.28 bits per heavy atom. The van der Waals surface area contributed by atoms with Gasteiger partial charge in [0.2, 0.25) is 0 Å². The molecule has 0 radical (unpaired) electrons. The number of benzene rings is 1. The molecule has 0 aliphatic heterocycles. The molecule has 0 aliphatic carbocycles. The van der Waals surface area contributed by atoms with E-state index in [0.29, 0.717) is 11.3 Å². The predicted molar refractivity (Wildman–Crippen MR) is 71.3 cm³/mol. The number of carbonyl (C=O) groups excluding carboxylic acids is 1. The molecule has 94 valence electrons. The molecule has 0 saturated heterocycles. The van der Waals surface area contributed by atoms with Crippen LogP contribution in [0.25, 0.3) is 11.1 Å². The summed E-state index contributed by atoms with van der Waals surface area (Å²) in [6, 6.07) is 7.49. The first-order valence-electron chi connectivity index (χ1n) is 5.80. The monoisotopic (exact) mass is 244 g/mol. The second-order valence-corrected chi connectivity index (χ2v) is 3.99. The van der Waals surface area contributed by atoms with Gasteiger partial charge in [-0.2, -0.15) is 0 Å². The fraction of sp³-hybridized carbons (Fsp3) is 0.214. The fourth-order valence-corrected chi connectivity index (χ4v) is 1.92. The third kappa shape index (κ3) is 2.09. The third-order valence-corrected chi connectivity index (χ3v) is 2.90. The molecule has 2 aromatic rings. The van der Waals surface area contributed by atoms with E-state index in [1.165, 1.54) is 7.11 Å². The first-order valence-corrected chi connectivity index (χ1v) is 5.80. The van der Waals surface area contributed by atoms with Crippen LogP contribution in [-0.4, -0.2) is 17.6 Å². The maximum atomic E-state index is 11.8. The van der Waals surface area contributed by atoms with Gasteiger partial charge in [0.15, 0.2) is 0 Å². The van der Waals surface area contributed by atoms with Gasteiger partial charge in [-0.1, -0.05) is 18.2 Å². The van der Waals surface area contributed by atoms with Crippen molar-refractivity contribution in [3.63, 3.8) is 0 Å². The van der Waals surface area contributed by atoms with Gasteiger partial charge in [0, 0.05) is 35.8 Å². The Balaban J connectivity index is 2.59. The van der Waals surface area contributed by atoms with Crippen molar-refractivity contribution in [3.8, 4) is 11.1 Å². The quantitative estimate of drug-likeness (QED) is 0.666. The van der Waals surface area contributed by atoms with E-state index in [1.807, 2.05) is 42.0 Å². The summed E-state index contributed by atoms with van der Waals surface area (Å²) in [7, 11) is 1.38. The SMILES string of the molecule is CCn1cc(C(=O)OC)c(-c2ccccc2N)c1. The highest BCUT2D eigenvalue weighted by Crippen LogP contribution is 2.30. The molecular formula is C14H16N2O2. The average molecular weight is 244 g/mol. The first-order chi connectivity index (χ1) is 8.67. The molecule has 0 bridgehead atoms. The summed E-state index contributed by atoms with van der Waals surface area (Å²) in [5.74, 6) is -0.347. The molecule has 0 saturated carbocycles. The van der Waals surface area contributed by atoms with Crippen molar-refractivity contribution in [2.45, 2.75) is 13.5 Å². The number of methoxy groups -OCH3 is 1. The van der Waals surface area contributed by atoms with Crippen LogP contribution in [0, 0.1) is 0 Å². The van der Waals surface area contributed by atoms with Crippen LogP contribution in [0.4, 0.5) is 5.69 Å².